The van der Waals surface area contributed by atoms with Crippen molar-refractivity contribution >= 4 is 75.6 Å². The first-order valence-electron chi connectivity index (χ1n) is 9.06. The molecule has 0 unspecified atom stereocenters. The van der Waals surface area contributed by atoms with Crippen molar-refractivity contribution in [3.63, 3.8) is 0 Å². The molecule has 0 amide bonds. The highest BCUT2D eigenvalue weighted by atomic mass is 35.6. The van der Waals surface area contributed by atoms with Crippen LogP contribution in [-0.4, -0.2) is 25.6 Å². The van der Waals surface area contributed by atoms with Crippen LogP contribution in [0.15, 0.2) is 72.8 Å². The Labute approximate surface area is 213 Å². The number of hydrogen-bond donors (Lipinski definition) is 0. The third-order valence-corrected chi connectivity index (χ3v) is 5.66. The van der Waals surface area contributed by atoms with Gasteiger partial charge < -0.3 is 0 Å². The van der Waals surface area contributed by atoms with Gasteiger partial charge in [0.15, 0.2) is 0 Å². The molecule has 0 atom stereocenters. The Morgan fingerprint density at radius 1 is 0.625 bits per heavy atom. The second-order valence-corrected chi connectivity index (χ2v) is 11.2. The molecular formula is C21H12Cl6N4O. The molecule has 0 saturated heterocycles. The average Bonchev–Trinajstić information content (AvgIpc) is 3.40. The first-order valence-corrected chi connectivity index (χ1v) is 11.3. The summed E-state index contributed by atoms with van der Waals surface area (Å²) in [7, 11) is 0. The molecule has 0 radical (unpaired) electrons. The summed E-state index contributed by atoms with van der Waals surface area (Å²) < 4.78 is -2.02. The molecule has 0 spiro atoms. The maximum absolute atomic E-state index is 13.5. The second-order valence-electron chi connectivity index (χ2n) is 6.66. The molecule has 11 heteroatoms. The third-order valence-electron chi connectivity index (χ3n) is 4.50. The average molecular weight is 549 g/mol. The van der Waals surface area contributed by atoms with Crippen LogP contribution in [0.1, 0.15) is 11.4 Å². The molecular weight excluding hydrogens is 537 g/mol. The van der Waals surface area contributed by atoms with Crippen LogP contribution in [-0.2, 0) is 7.59 Å². The zero-order valence-electron chi connectivity index (χ0n) is 15.9. The third kappa shape index (κ3) is 4.79. The van der Waals surface area contributed by atoms with Gasteiger partial charge in [-0.2, -0.15) is 19.6 Å². The van der Waals surface area contributed by atoms with Crippen molar-refractivity contribution in [3.8, 4) is 22.5 Å². The lowest BCUT2D eigenvalue weighted by Gasteiger charge is -2.15. The van der Waals surface area contributed by atoms with E-state index in [2.05, 4.69) is 10.2 Å². The molecule has 4 aromatic rings. The summed E-state index contributed by atoms with van der Waals surface area (Å²) in [4.78, 5) is 13.5. The van der Waals surface area contributed by atoms with Crippen molar-refractivity contribution in [3.05, 3.63) is 84.2 Å². The second kappa shape index (κ2) is 8.90. The van der Waals surface area contributed by atoms with Crippen LogP contribution in [0.25, 0.3) is 22.5 Å². The summed E-state index contributed by atoms with van der Waals surface area (Å²) in [6.07, 6.45) is 0. The lowest BCUT2D eigenvalue weighted by Crippen LogP contribution is -2.29. The van der Waals surface area contributed by atoms with Gasteiger partial charge in [0.05, 0.1) is 11.4 Å². The summed E-state index contributed by atoms with van der Waals surface area (Å²) in [5, 5.41) is 8.70. The minimum atomic E-state index is -1.95. The van der Waals surface area contributed by atoms with E-state index in [4.69, 9.17) is 69.6 Å². The van der Waals surface area contributed by atoms with Crippen molar-refractivity contribution in [1.82, 2.24) is 19.6 Å². The van der Waals surface area contributed by atoms with Crippen LogP contribution in [0.2, 0.25) is 0 Å². The van der Waals surface area contributed by atoms with E-state index < -0.39 is 13.6 Å². The Morgan fingerprint density at radius 3 is 1.28 bits per heavy atom. The lowest BCUT2D eigenvalue weighted by molar-refractivity contribution is 0.237. The molecule has 0 N–H and O–H groups in total. The molecule has 32 heavy (non-hydrogen) atoms. The minimum absolute atomic E-state index is 0.0124. The van der Waals surface area contributed by atoms with Crippen LogP contribution >= 0.6 is 69.6 Å². The first kappa shape index (κ1) is 23.4. The van der Waals surface area contributed by atoms with E-state index in [1.807, 2.05) is 60.7 Å². The Morgan fingerprint density at radius 2 is 0.969 bits per heavy atom. The van der Waals surface area contributed by atoms with Gasteiger partial charge >= 0.3 is 6.03 Å². The number of alkyl halides is 6. The zero-order chi connectivity index (χ0) is 23.1. The van der Waals surface area contributed by atoms with Crippen LogP contribution in [0.3, 0.4) is 0 Å². The molecule has 0 aliphatic carbocycles. The quantitative estimate of drug-likeness (QED) is 0.243. The molecule has 164 valence electrons. The van der Waals surface area contributed by atoms with Crippen molar-refractivity contribution in [2.75, 3.05) is 0 Å². The predicted octanol–water partition coefficient (Wildman–Crippen LogP) is 7.58. The standard InChI is InChI=1S/C21H12Cl6N4O/c22-20(23,24)17-11-15(13-7-3-1-4-8-13)28-30(17)19(32)31-18(21(25,26)27)12-16(29-31)14-9-5-2-6-10-14/h1-12H. The summed E-state index contributed by atoms with van der Waals surface area (Å²) in [6.45, 7) is 0. The monoisotopic (exact) mass is 546 g/mol. The number of carbonyl (C=O) groups is 1. The van der Waals surface area contributed by atoms with Crippen LogP contribution in [0.5, 0.6) is 0 Å². The summed E-state index contributed by atoms with van der Waals surface area (Å²) in [5.74, 6) is 0. The van der Waals surface area contributed by atoms with Gasteiger partial charge in [-0.3, -0.25) is 0 Å². The van der Waals surface area contributed by atoms with Crippen LogP contribution in [0, 0.1) is 0 Å². The van der Waals surface area contributed by atoms with E-state index in [9.17, 15) is 4.79 Å². The van der Waals surface area contributed by atoms with Crippen LogP contribution in [0.4, 0.5) is 4.79 Å². The number of hydrogen-bond acceptors (Lipinski definition) is 3. The van der Waals surface area contributed by atoms with Gasteiger partial charge in [-0.05, 0) is 12.1 Å². The summed E-state index contributed by atoms with van der Waals surface area (Å²) in [5.41, 5.74) is 2.32. The largest absolute Gasteiger partial charge is 0.370 e. The molecule has 0 fully saturated rings. The molecule has 4 rings (SSSR count). The topological polar surface area (TPSA) is 52.7 Å². The Kier molecular flexibility index (Phi) is 6.52. The normalized spacial score (nSPS) is 12.2. The molecule has 0 aliphatic heterocycles. The fourth-order valence-electron chi connectivity index (χ4n) is 3.05. The summed E-state index contributed by atoms with van der Waals surface area (Å²) in [6, 6.07) is 20.5. The molecule has 0 aliphatic rings. The number of benzene rings is 2. The number of nitrogens with zero attached hydrogens (tertiary/aromatic N) is 4. The molecule has 0 saturated carbocycles. The highest BCUT2D eigenvalue weighted by Crippen LogP contribution is 2.42. The van der Waals surface area contributed by atoms with Gasteiger partial charge in [0, 0.05) is 11.1 Å². The lowest BCUT2D eigenvalue weighted by atomic mass is 10.1. The van der Waals surface area contributed by atoms with Gasteiger partial charge in [-0.1, -0.05) is 130 Å². The molecule has 2 heterocycles. The van der Waals surface area contributed by atoms with Gasteiger partial charge in [0.2, 0.25) is 7.59 Å². The smallest absolute Gasteiger partial charge is 0.244 e. The van der Waals surface area contributed by atoms with E-state index in [-0.39, 0.29) is 11.4 Å². The van der Waals surface area contributed by atoms with Gasteiger partial charge in [-0.15, -0.1) is 0 Å². The number of aromatic nitrogens is 4. The van der Waals surface area contributed by atoms with E-state index in [0.717, 1.165) is 20.5 Å². The Balaban J connectivity index is 1.88. The highest BCUT2D eigenvalue weighted by molar-refractivity contribution is 6.67. The van der Waals surface area contributed by atoms with Crippen molar-refractivity contribution in [1.29, 1.82) is 0 Å². The highest BCUT2D eigenvalue weighted by Gasteiger charge is 2.36. The Bertz CT molecular complexity index is 1160. The predicted molar refractivity (Wildman–Crippen MR) is 130 cm³/mol. The fourth-order valence-corrected chi connectivity index (χ4v) is 3.86. The SMILES string of the molecule is O=C(n1nc(-c2ccccc2)cc1C(Cl)(Cl)Cl)n1nc(-c2ccccc2)cc1C(Cl)(Cl)Cl. The molecule has 0 bridgehead atoms. The molecule has 2 aromatic heterocycles. The van der Waals surface area contributed by atoms with Crippen molar-refractivity contribution in [2.24, 2.45) is 0 Å². The van der Waals surface area contributed by atoms with Crippen molar-refractivity contribution in [2.45, 2.75) is 7.59 Å². The van der Waals surface area contributed by atoms with E-state index in [1.165, 1.54) is 12.1 Å². The molecule has 2 aromatic carbocycles. The fraction of sp³-hybridized carbons (Fsp3) is 0.0952. The van der Waals surface area contributed by atoms with Crippen molar-refractivity contribution < 1.29 is 4.79 Å². The maximum atomic E-state index is 13.5. The van der Waals surface area contributed by atoms with E-state index in [0.29, 0.717) is 11.4 Å². The summed E-state index contributed by atoms with van der Waals surface area (Å²) >= 11 is 36.8. The number of rotatable bonds is 2. The van der Waals surface area contributed by atoms with Crippen LogP contribution < -0.4 is 0 Å². The zero-order valence-corrected chi connectivity index (χ0v) is 20.4. The van der Waals surface area contributed by atoms with Gasteiger partial charge in [0.25, 0.3) is 0 Å². The minimum Gasteiger partial charge on any atom is -0.244 e. The van der Waals surface area contributed by atoms with Gasteiger partial charge in [-0.25, -0.2) is 4.79 Å². The number of carbonyl (C=O) groups excluding carboxylic acids is 1. The first-order chi connectivity index (χ1) is 15.1. The van der Waals surface area contributed by atoms with E-state index >= 15 is 0 Å². The Hall–Kier alpha value is -1.73. The van der Waals surface area contributed by atoms with Gasteiger partial charge in [0.1, 0.15) is 11.4 Å². The number of halogens is 6. The van der Waals surface area contributed by atoms with E-state index in [1.54, 1.807) is 0 Å². The maximum Gasteiger partial charge on any atom is 0.370 e. The molecule has 5 nitrogen and oxygen atoms in total.